The first kappa shape index (κ1) is 14.4. The van der Waals surface area contributed by atoms with E-state index in [0.29, 0.717) is 10.9 Å². The van der Waals surface area contributed by atoms with Crippen LogP contribution in [0.4, 0.5) is 13.2 Å². The zero-order valence-corrected chi connectivity index (χ0v) is 10.4. The summed E-state index contributed by atoms with van der Waals surface area (Å²) in [6.45, 7) is -1.19. The second-order valence-electron chi connectivity index (χ2n) is 4.14. The predicted molar refractivity (Wildman–Crippen MR) is 65.3 cm³/mol. The van der Waals surface area contributed by atoms with Crippen molar-refractivity contribution in [1.29, 1.82) is 0 Å². The smallest absolute Gasteiger partial charge is 0.372 e. The van der Waals surface area contributed by atoms with Crippen molar-refractivity contribution in [2.75, 3.05) is 13.2 Å². The number of halogens is 3. The summed E-state index contributed by atoms with van der Waals surface area (Å²) in [6.07, 6.45) is -1.07. The average molecular weight is 287 g/mol. The Morgan fingerprint density at radius 2 is 2.15 bits per heavy atom. The SMILES string of the molecule is O=c1c2ncccc2cnn1CCCOCC(F)(F)F. The van der Waals surface area contributed by atoms with E-state index in [0.717, 1.165) is 0 Å². The van der Waals surface area contributed by atoms with Gasteiger partial charge in [0, 0.05) is 24.7 Å². The van der Waals surface area contributed by atoms with Crippen LogP contribution in [0.2, 0.25) is 0 Å². The number of fused-ring (bicyclic) bond motifs is 1. The van der Waals surface area contributed by atoms with Gasteiger partial charge in [0.1, 0.15) is 12.1 Å². The van der Waals surface area contributed by atoms with Crippen molar-refractivity contribution in [3.8, 4) is 0 Å². The van der Waals surface area contributed by atoms with E-state index in [2.05, 4.69) is 14.8 Å². The van der Waals surface area contributed by atoms with Crippen LogP contribution in [0.1, 0.15) is 6.42 Å². The Bertz CT molecular complexity index is 640. The molecule has 0 amide bonds. The molecule has 2 heterocycles. The fourth-order valence-corrected chi connectivity index (χ4v) is 1.67. The number of hydrogen-bond donors (Lipinski definition) is 0. The lowest BCUT2D eigenvalue weighted by molar-refractivity contribution is -0.174. The Labute approximate surface area is 112 Å². The van der Waals surface area contributed by atoms with Crippen molar-refractivity contribution in [2.24, 2.45) is 0 Å². The van der Waals surface area contributed by atoms with Crippen molar-refractivity contribution >= 4 is 10.9 Å². The van der Waals surface area contributed by atoms with Gasteiger partial charge in [0.2, 0.25) is 0 Å². The molecule has 0 fully saturated rings. The third kappa shape index (κ3) is 3.77. The van der Waals surface area contributed by atoms with Crippen molar-refractivity contribution < 1.29 is 17.9 Å². The molecule has 2 rings (SSSR count). The molecule has 2 aromatic rings. The molecule has 0 saturated heterocycles. The molecule has 0 aliphatic carbocycles. The first-order valence-electron chi connectivity index (χ1n) is 5.93. The van der Waals surface area contributed by atoms with Crippen LogP contribution in [-0.4, -0.2) is 34.2 Å². The number of alkyl halides is 3. The maximum Gasteiger partial charge on any atom is 0.411 e. The number of ether oxygens (including phenoxy) is 1. The zero-order chi connectivity index (χ0) is 14.6. The summed E-state index contributed by atoms with van der Waals surface area (Å²) in [6, 6.07) is 3.41. The topological polar surface area (TPSA) is 57.0 Å². The zero-order valence-electron chi connectivity index (χ0n) is 10.4. The van der Waals surface area contributed by atoms with Crippen LogP contribution >= 0.6 is 0 Å². The van der Waals surface area contributed by atoms with Gasteiger partial charge in [0.05, 0.1) is 6.20 Å². The van der Waals surface area contributed by atoms with Gasteiger partial charge in [-0.2, -0.15) is 18.3 Å². The second-order valence-corrected chi connectivity index (χ2v) is 4.14. The fraction of sp³-hybridized carbons (Fsp3) is 0.417. The van der Waals surface area contributed by atoms with Crippen LogP contribution in [0.5, 0.6) is 0 Å². The number of aromatic nitrogens is 3. The predicted octanol–water partition coefficient (Wildman–Crippen LogP) is 1.76. The van der Waals surface area contributed by atoms with Gasteiger partial charge in [-0.15, -0.1) is 0 Å². The molecular weight excluding hydrogens is 275 g/mol. The molecule has 0 unspecified atom stereocenters. The molecule has 0 aliphatic rings. The van der Waals surface area contributed by atoms with Crippen molar-refractivity contribution in [1.82, 2.24) is 14.8 Å². The van der Waals surface area contributed by atoms with Gasteiger partial charge in [-0.3, -0.25) is 9.78 Å². The molecule has 0 atom stereocenters. The minimum atomic E-state index is -4.33. The van der Waals surface area contributed by atoms with Crippen LogP contribution in [0.25, 0.3) is 10.9 Å². The molecule has 0 aliphatic heterocycles. The Balaban J connectivity index is 1.94. The number of hydrogen-bond acceptors (Lipinski definition) is 4. The summed E-state index contributed by atoms with van der Waals surface area (Å²) in [4.78, 5) is 15.9. The summed E-state index contributed by atoms with van der Waals surface area (Å²) >= 11 is 0. The lowest BCUT2D eigenvalue weighted by Gasteiger charge is -2.08. The first-order chi connectivity index (χ1) is 9.47. The van der Waals surface area contributed by atoms with E-state index in [1.807, 2.05) is 0 Å². The molecule has 8 heteroatoms. The number of rotatable bonds is 5. The van der Waals surface area contributed by atoms with E-state index in [9.17, 15) is 18.0 Å². The van der Waals surface area contributed by atoms with Crippen LogP contribution < -0.4 is 5.56 Å². The molecule has 0 bridgehead atoms. The summed E-state index contributed by atoms with van der Waals surface area (Å²) in [5.74, 6) is 0. The molecule has 0 saturated carbocycles. The van der Waals surface area contributed by atoms with E-state index in [4.69, 9.17) is 0 Å². The van der Waals surface area contributed by atoms with Crippen LogP contribution in [0.15, 0.2) is 29.3 Å². The van der Waals surface area contributed by atoms with Crippen molar-refractivity contribution in [3.05, 3.63) is 34.9 Å². The maximum absolute atomic E-state index is 12.0. The van der Waals surface area contributed by atoms with Gasteiger partial charge >= 0.3 is 6.18 Å². The van der Waals surface area contributed by atoms with Gasteiger partial charge in [-0.25, -0.2) is 4.68 Å². The number of nitrogens with zero attached hydrogens (tertiary/aromatic N) is 3. The van der Waals surface area contributed by atoms with E-state index >= 15 is 0 Å². The highest BCUT2D eigenvalue weighted by atomic mass is 19.4. The molecule has 108 valence electrons. The maximum atomic E-state index is 12.0. The van der Waals surface area contributed by atoms with Crippen molar-refractivity contribution in [3.63, 3.8) is 0 Å². The van der Waals surface area contributed by atoms with Crippen LogP contribution in [-0.2, 0) is 11.3 Å². The molecule has 20 heavy (non-hydrogen) atoms. The summed E-state index contributed by atoms with van der Waals surface area (Å²) in [5.41, 5.74) is -0.0716. The Morgan fingerprint density at radius 1 is 1.35 bits per heavy atom. The lowest BCUT2D eigenvalue weighted by atomic mass is 10.3. The first-order valence-corrected chi connectivity index (χ1v) is 5.93. The van der Waals surface area contributed by atoms with Crippen LogP contribution in [0.3, 0.4) is 0 Å². The summed E-state index contributed by atoms with van der Waals surface area (Å²) < 4.78 is 41.2. The van der Waals surface area contributed by atoms with Gasteiger partial charge < -0.3 is 4.74 Å². The fourth-order valence-electron chi connectivity index (χ4n) is 1.67. The van der Waals surface area contributed by atoms with Gasteiger partial charge in [-0.05, 0) is 18.6 Å². The molecule has 0 radical (unpaired) electrons. The molecule has 0 spiro atoms. The minimum Gasteiger partial charge on any atom is -0.372 e. The Morgan fingerprint density at radius 3 is 2.90 bits per heavy atom. The monoisotopic (exact) mass is 287 g/mol. The second kappa shape index (κ2) is 6.00. The van der Waals surface area contributed by atoms with E-state index < -0.39 is 12.8 Å². The normalized spacial score (nSPS) is 11.9. The van der Waals surface area contributed by atoms with Gasteiger partial charge in [-0.1, -0.05) is 0 Å². The molecule has 2 aromatic heterocycles. The standard InChI is InChI=1S/C12H12F3N3O2/c13-12(14,15)8-20-6-2-5-18-11(19)10-9(7-17-18)3-1-4-16-10/h1,3-4,7H,2,5-6,8H2. The largest absolute Gasteiger partial charge is 0.411 e. The third-order valence-electron chi connectivity index (χ3n) is 2.54. The summed E-state index contributed by atoms with van der Waals surface area (Å²) in [5, 5.41) is 4.57. The van der Waals surface area contributed by atoms with Gasteiger partial charge in [0.15, 0.2) is 0 Å². The highest BCUT2D eigenvalue weighted by Crippen LogP contribution is 2.14. The molecule has 0 aromatic carbocycles. The number of pyridine rings is 1. The van der Waals surface area contributed by atoms with E-state index in [1.165, 1.54) is 17.1 Å². The minimum absolute atomic E-state index is 0.0894. The Kier molecular flexibility index (Phi) is 4.33. The number of aryl methyl sites for hydroxylation is 1. The molecule has 0 N–H and O–H groups in total. The summed E-state index contributed by atoms with van der Waals surface area (Å²) in [7, 11) is 0. The third-order valence-corrected chi connectivity index (χ3v) is 2.54. The highest BCUT2D eigenvalue weighted by Gasteiger charge is 2.27. The van der Waals surface area contributed by atoms with Gasteiger partial charge in [0.25, 0.3) is 5.56 Å². The Hall–Kier alpha value is -1.96. The van der Waals surface area contributed by atoms with Crippen LogP contribution in [0, 0.1) is 0 Å². The van der Waals surface area contributed by atoms with Crippen molar-refractivity contribution in [2.45, 2.75) is 19.1 Å². The quantitative estimate of drug-likeness (QED) is 0.786. The molecule has 5 nitrogen and oxygen atoms in total. The highest BCUT2D eigenvalue weighted by molar-refractivity contribution is 5.75. The van der Waals surface area contributed by atoms with E-state index in [-0.39, 0.29) is 25.1 Å². The molecular formula is C12H12F3N3O2. The lowest BCUT2D eigenvalue weighted by Crippen LogP contribution is -2.24. The average Bonchev–Trinajstić information content (AvgIpc) is 2.40. The van der Waals surface area contributed by atoms with E-state index in [1.54, 1.807) is 12.1 Å².